The van der Waals surface area contributed by atoms with E-state index in [1.54, 1.807) is 10.7 Å². The molecule has 0 radical (unpaired) electrons. The average molecular weight is 239 g/mol. The maximum absolute atomic E-state index is 5.73. The standard InChI is InChI=1S/C13H13N5/c14-11-3-1-2-10(8-11)9-15-12-5-7-18-13(17-12)4-6-16-18/h1-8H,9,14H2,(H,15,17). The number of hydrogen-bond acceptors (Lipinski definition) is 4. The van der Waals surface area contributed by atoms with Crippen LogP contribution in [0.1, 0.15) is 5.56 Å². The minimum absolute atomic E-state index is 0.697. The summed E-state index contributed by atoms with van der Waals surface area (Å²) in [5.74, 6) is 0.824. The fourth-order valence-corrected chi connectivity index (χ4v) is 1.81. The highest BCUT2D eigenvalue weighted by molar-refractivity contribution is 5.47. The van der Waals surface area contributed by atoms with Crippen LogP contribution in [-0.4, -0.2) is 14.6 Å². The summed E-state index contributed by atoms with van der Waals surface area (Å²) < 4.78 is 1.73. The van der Waals surface area contributed by atoms with Crippen LogP contribution in [0.2, 0.25) is 0 Å². The highest BCUT2D eigenvalue weighted by Crippen LogP contribution is 2.10. The number of hydrogen-bond donors (Lipinski definition) is 2. The lowest BCUT2D eigenvalue weighted by atomic mass is 10.2. The molecule has 0 aliphatic heterocycles. The van der Waals surface area contributed by atoms with Gasteiger partial charge in [0.2, 0.25) is 0 Å². The highest BCUT2D eigenvalue weighted by Gasteiger charge is 1.99. The van der Waals surface area contributed by atoms with Crippen molar-refractivity contribution in [2.45, 2.75) is 6.54 Å². The summed E-state index contributed by atoms with van der Waals surface area (Å²) in [7, 11) is 0. The molecule has 2 heterocycles. The number of anilines is 2. The summed E-state index contributed by atoms with van der Waals surface area (Å²) in [6.45, 7) is 0.697. The van der Waals surface area contributed by atoms with Crippen molar-refractivity contribution in [2.75, 3.05) is 11.1 Å². The lowest BCUT2D eigenvalue weighted by molar-refractivity contribution is 0.936. The van der Waals surface area contributed by atoms with Gasteiger partial charge in [-0.15, -0.1) is 0 Å². The fourth-order valence-electron chi connectivity index (χ4n) is 1.81. The van der Waals surface area contributed by atoms with Crippen molar-refractivity contribution in [3.63, 3.8) is 0 Å². The summed E-state index contributed by atoms with van der Waals surface area (Å²) in [6.07, 6.45) is 3.61. The highest BCUT2D eigenvalue weighted by atomic mass is 15.2. The molecule has 0 aliphatic rings. The first-order valence-electron chi connectivity index (χ1n) is 5.70. The molecule has 0 bridgehead atoms. The van der Waals surface area contributed by atoms with Gasteiger partial charge in [0.05, 0.1) is 6.20 Å². The minimum Gasteiger partial charge on any atom is -0.399 e. The summed E-state index contributed by atoms with van der Waals surface area (Å²) in [5.41, 5.74) is 8.46. The lowest BCUT2D eigenvalue weighted by Crippen LogP contribution is -2.03. The van der Waals surface area contributed by atoms with Gasteiger partial charge in [0, 0.05) is 24.5 Å². The molecular formula is C13H13N5. The molecule has 3 rings (SSSR count). The van der Waals surface area contributed by atoms with Crippen LogP contribution in [0.3, 0.4) is 0 Å². The second-order valence-corrected chi connectivity index (χ2v) is 4.05. The SMILES string of the molecule is Nc1cccc(CNc2ccn3nccc3n2)c1. The number of fused-ring (bicyclic) bond motifs is 1. The van der Waals surface area contributed by atoms with E-state index in [4.69, 9.17) is 5.73 Å². The van der Waals surface area contributed by atoms with Crippen LogP contribution in [0.4, 0.5) is 11.5 Å². The van der Waals surface area contributed by atoms with Crippen LogP contribution < -0.4 is 11.1 Å². The average Bonchev–Trinajstić information content (AvgIpc) is 2.84. The molecule has 3 aromatic rings. The molecule has 0 aliphatic carbocycles. The zero-order chi connectivity index (χ0) is 12.4. The van der Waals surface area contributed by atoms with Gasteiger partial charge in [0.15, 0.2) is 5.65 Å². The molecule has 0 amide bonds. The Morgan fingerprint density at radius 3 is 3.06 bits per heavy atom. The number of nitrogens with one attached hydrogen (secondary N) is 1. The molecule has 0 unspecified atom stereocenters. The van der Waals surface area contributed by atoms with Crippen molar-refractivity contribution in [1.29, 1.82) is 0 Å². The minimum atomic E-state index is 0.697. The van der Waals surface area contributed by atoms with Crippen molar-refractivity contribution in [3.05, 3.63) is 54.4 Å². The fraction of sp³-hybridized carbons (Fsp3) is 0.0769. The summed E-state index contributed by atoms with van der Waals surface area (Å²) in [4.78, 5) is 4.43. The molecule has 1 aromatic carbocycles. The van der Waals surface area contributed by atoms with Gasteiger partial charge in [0.25, 0.3) is 0 Å². The van der Waals surface area contributed by atoms with E-state index in [9.17, 15) is 0 Å². The summed E-state index contributed by atoms with van der Waals surface area (Å²) in [6, 6.07) is 11.6. The number of nitrogen functional groups attached to an aromatic ring is 1. The van der Waals surface area contributed by atoms with Crippen LogP contribution in [0.15, 0.2) is 48.8 Å². The van der Waals surface area contributed by atoms with Gasteiger partial charge in [-0.3, -0.25) is 0 Å². The van der Waals surface area contributed by atoms with Crippen molar-refractivity contribution in [3.8, 4) is 0 Å². The smallest absolute Gasteiger partial charge is 0.157 e. The Bertz CT molecular complexity index is 674. The molecule has 2 aromatic heterocycles. The Kier molecular flexibility index (Phi) is 2.57. The van der Waals surface area contributed by atoms with Gasteiger partial charge in [0.1, 0.15) is 5.82 Å². The zero-order valence-corrected chi connectivity index (χ0v) is 9.74. The Labute approximate surface area is 104 Å². The summed E-state index contributed by atoms with van der Waals surface area (Å²) in [5, 5.41) is 7.36. The first kappa shape index (κ1) is 10.6. The largest absolute Gasteiger partial charge is 0.399 e. The quantitative estimate of drug-likeness (QED) is 0.685. The molecule has 18 heavy (non-hydrogen) atoms. The third kappa shape index (κ3) is 2.10. The predicted molar refractivity (Wildman–Crippen MR) is 71.2 cm³/mol. The summed E-state index contributed by atoms with van der Waals surface area (Å²) >= 11 is 0. The first-order valence-corrected chi connectivity index (χ1v) is 5.70. The Balaban J connectivity index is 1.76. The van der Waals surface area contributed by atoms with Crippen molar-refractivity contribution >= 4 is 17.2 Å². The molecular weight excluding hydrogens is 226 g/mol. The van der Waals surface area contributed by atoms with E-state index in [-0.39, 0.29) is 0 Å². The van der Waals surface area contributed by atoms with Gasteiger partial charge >= 0.3 is 0 Å². The monoisotopic (exact) mass is 239 g/mol. The van der Waals surface area contributed by atoms with Crippen molar-refractivity contribution in [2.24, 2.45) is 0 Å². The van der Waals surface area contributed by atoms with Crippen LogP contribution >= 0.6 is 0 Å². The molecule has 0 atom stereocenters. The number of nitrogens with zero attached hydrogens (tertiary/aromatic N) is 3. The number of rotatable bonds is 3. The van der Waals surface area contributed by atoms with E-state index < -0.39 is 0 Å². The molecule has 5 heteroatoms. The van der Waals surface area contributed by atoms with E-state index >= 15 is 0 Å². The second-order valence-electron chi connectivity index (χ2n) is 4.05. The number of nitrogens with two attached hydrogens (primary N) is 1. The van der Waals surface area contributed by atoms with Gasteiger partial charge in [-0.2, -0.15) is 5.10 Å². The van der Waals surface area contributed by atoms with E-state index in [0.29, 0.717) is 6.54 Å². The van der Waals surface area contributed by atoms with Crippen LogP contribution in [0.25, 0.3) is 5.65 Å². The van der Waals surface area contributed by atoms with Crippen molar-refractivity contribution in [1.82, 2.24) is 14.6 Å². The Morgan fingerprint density at radius 2 is 2.17 bits per heavy atom. The maximum Gasteiger partial charge on any atom is 0.157 e. The predicted octanol–water partition coefficient (Wildman–Crippen LogP) is 1.92. The molecule has 0 saturated heterocycles. The van der Waals surface area contributed by atoms with Gasteiger partial charge in [-0.25, -0.2) is 9.50 Å². The normalized spacial score (nSPS) is 10.7. The van der Waals surface area contributed by atoms with Gasteiger partial charge < -0.3 is 11.1 Å². The molecule has 0 spiro atoms. The first-order chi connectivity index (χ1) is 8.81. The number of benzene rings is 1. The number of aromatic nitrogens is 3. The van der Waals surface area contributed by atoms with Gasteiger partial charge in [-0.1, -0.05) is 12.1 Å². The molecule has 0 fully saturated rings. The second kappa shape index (κ2) is 4.37. The third-order valence-corrected chi connectivity index (χ3v) is 2.68. The third-order valence-electron chi connectivity index (χ3n) is 2.68. The van der Waals surface area contributed by atoms with E-state index in [1.807, 2.05) is 42.6 Å². The van der Waals surface area contributed by atoms with E-state index in [1.165, 1.54) is 0 Å². The molecule has 5 nitrogen and oxygen atoms in total. The van der Waals surface area contributed by atoms with Crippen LogP contribution in [0.5, 0.6) is 0 Å². The lowest BCUT2D eigenvalue weighted by Gasteiger charge is -2.06. The van der Waals surface area contributed by atoms with Crippen LogP contribution in [-0.2, 0) is 6.54 Å². The molecule has 3 N–H and O–H groups in total. The maximum atomic E-state index is 5.73. The van der Waals surface area contributed by atoms with Crippen LogP contribution in [0, 0.1) is 0 Å². The Hall–Kier alpha value is -2.56. The van der Waals surface area contributed by atoms with E-state index in [2.05, 4.69) is 15.4 Å². The van der Waals surface area contributed by atoms with Gasteiger partial charge in [-0.05, 0) is 23.8 Å². The van der Waals surface area contributed by atoms with Crippen molar-refractivity contribution < 1.29 is 0 Å². The molecule has 90 valence electrons. The van der Waals surface area contributed by atoms with E-state index in [0.717, 1.165) is 22.7 Å². The zero-order valence-electron chi connectivity index (χ0n) is 9.74. The topological polar surface area (TPSA) is 68.2 Å². The molecule has 0 saturated carbocycles. The Morgan fingerprint density at radius 1 is 1.22 bits per heavy atom.